The van der Waals surface area contributed by atoms with Gasteiger partial charge in [0.15, 0.2) is 5.11 Å². The number of aromatic nitrogens is 2. The van der Waals surface area contributed by atoms with Crippen molar-refractivity contribution in [3.05, 3.63) is 107 Å². The number of nitrogens with one attached hydrogen (secondary N) is 2. The Morgan fingerprint density at radius 2 is 1.97 bits per heavy atom. The van der Waals surface area contributed by atoms with E-state index in [-0.39, 0.29) is 24.6 Å². The molecule has 0 bridgehead atoms. The third-order valence-electron chi connectivity index (χ3n) is 6.31. The molecule has 1 aliphatic rings. The summed E-state index contributed by atoms with van der Waals surface area (Å²) >= 11 is 12.2. The van der Waals surface area contributed by atoms with Gasteiger partial charge in [-0.3, -0.25) is 9.78 Å². The van der Waals surface area contributed by atoms with Crippen molar-refractivity contribution in [3.63, 3.8) is 0 Å². The second-order valence-corrected chi connectivity index (χ2v) is 9.58. The number of thiocarbonyl (C=S) groups is 1. The average Bonchev–Trinajstić information content (AvgIpc) is 3.50. The van der Waals surface area contributed by atoms with Gasteiger partial charge < -0.3 is 24.8 Å². The highest BCUT2D eigenvalue weighted by Gasteiger charge is 2.42. The van der Waals surface area contributed by atoms with Gasteiger partial charge in [-0.25, -0.2) is 0 Å². The summed E-state index contributed by atoms with van der Waals surface area (Å²) in [4.78, 5) is 18.8. The van der Waals surface area contributed by atoms with E-state index in [0.717, 1.165) is 34.0 Å². The number of pyridine rings is 1. The van der Waals surface area contributed by atoms with Gasteiger partial charge in [-0.15, -0.1) is 0 Å². The van der Waals surface area contributed by atoms with Crippen LogP contribution in [0.4, 0.5) is 11.4 Å². The fraction of sp³-hybridized carbons (Fsp3) is 0.179. The summed E-state index contributed by atoms with van der Waals surface area (Å²) < 4.78 is 7.06. The molecule has 1 fully saturated rings. The second kappa shape index (κ2) is 10.7. The number of nitrogens with zero attached hydrogens (tertiary/aromatic N) is 3. The van der Waals surface area contributed by atoms with Crippen LogP contribution in [0, 0.1) is 6.92 Å². The van der Waals surface area contributed by atoms with E-state index in [1.807, 2.05) is 79.9 Å². The number of aryl methyl sites for hydroxylation is 1. The molecule has 1 amide bonds. The lowest BCUT2D eigenvalue weighted by Crippen LogP contribution is -2.30. The summed E-state index contributed by atoms with van der Waals surface area (Å²) in [5, 5.41) is 7.65. The zero-order chi connectivity index (χ0) is 25.9. The van der Waals surface area contributed by atoms with Gasteiger partial charge in [0.05, 0.1) is 11.7 Å². The Balaban J connectivity index is 1.59. The minimum absolute atomic E-state index is 0.00432. The molecule has 0 spiro atoms. The van der Waals surface area contributed by atoms with E-state index in [1.165, 1.54) is 7.11 Å². The average molecular weight is 532 g/mol. The van der Waals surface area contributed by atoms with Crippen LogP contribution in [0.25, 0.3) is 5.69 Å². The van der Waals surface area contributed by atoms with E-state index in [4.69, 9.17) is 28.6 Å². The number of halogens is 1. The number of carbonyl (C=O) groups is 1. The number of benzene rings is 2. The van der Waals surface area contributed by atoms with Gasteiger partial charge in [-0.1, -0.05) is 23.7 Å². The lowest BCUT2D eigenvalue weighted by Gasteiger charge is -2.29. The van der Waals surface area contributed by atoms with Crippen LogP contribution in [0.15, 0.2) is 85.2 Å². The quantitative estimate of drug-likeness (QED) is 0.303. The first kappa shape index (κ1) is 25.0. The van der Waals surface area contributed by atoms with Gasteiger partial charge in [0.2, 0.25) is 5.91 Å². The molecule has 188 valence electrons. The first-order valence-electron chi connectivity index (χ1n) is 11.8. The Bertz CT molecular complexity index is 1440. The predicted molar refractivity (Wildman–Crippen MR) is 150 cm³/mol. The zero-order valence-electron chi connectivity index (χ0n) is 20.4. The summed E-state index contributed by atoms with van der Waals surface area (Å²) in [5.41, 5.74) is 5.41. The van der Waals surface area contributed by atoms with Gasteiger partial charge in [0.25, 0.3) is 0 Å². The number of ether oxygens (including phenoxy) is 1. The van der Waals surface area contributed by atoms with Crippen molar-refractivity contribution in [3.8, 4) is 5.69 Å². The molecule has 2 N–H and O–H groups in total. The van der Waals surface area contributed by atoms with E-state index in [9.17, 15) is 4.79 Å². The molecule has 1 saturated heterocycles. The molecule has 37 heavy (non-hydrogen) atoms. The molecule has 2 aromatic heterocycles. The molecule has 2 atom stereocenters. The van der Waals surface area contributed by atoms with Crippen LogP contribution in [0.5, 0.6) is 0 Å². The van der Waals surface area contributed by atoms with E-state index >= 15 is 0 Å². The van der Waals surface area contributed by atoms with Crippen molar-refractivity contribution in [2.75, 3.05) is 23.9 Å². The Labute approximate surface area is 226 Å². The number of anilines is 2. The minimum atomic E-state index is -0.204. The van der Waals surface area contributed by atoms with E-state index in [0.29, 0.717) is 10.1 Å². The van der Waals surface area contributed by atoms with Crippen LogP contribution >= 0.6 is 23.8 Å². The van der Waals surface area contributed by atoms with Crippen LogP contribution < -0.4 is 15.5 Å². The van der Waals surface area contributed by atoms with Crippen molar-refractivity contribution >= 4 is 46.2 Å². The maximum atomic E-state index is 12.1. The predicted octanol–water partition coefficient (Wildman–Crippen LogP) is 5.60. The third kappa shape index (κ3) is 5.09. The van der Waals surface area contributed by atoms with Crippen molar-refractivity contribution in [2.45, 2.75) is 19.0 Å². The molecular weight excluding hydrogens is 506 g/mol. The molecule has 7 nitrogen and oxygen atoms in total. The number of rotatable bonds is 7. The maximum Gasteiger partial charge on any atom is 0.250 e. The number of carbonyl (C=O) groups excluding carboxylic acids is 1. The van der Waals surface area contributed by atoms with Crippen molar-refractivity contribution < 1.29 is 9.53 Å². The smallest absolute Gasteiger partial charge is 0.250 e. The van der Waals surface area contributed by atoms with E-state index < -0.39 is 0 Å². The molecule has 3 heterocycles. The Morgan fingerprint density at radius 3 is 2.70 bits per heavy atom. The molecule has 0 unspecified atom stereocenters. The first-order valence-corrected chi connectivity index (χ1v) is 12.6. The van der Waals surface area contributed by atoms with Crippen LogP contribution in [0.3, 0.4) is 0 Å². The summed E-state index contributed by atoms with van der Waals surface area (Å²) in [6, 6.07) is 23.2. The Morgan fingerprint density at radius 1 is 1.11 bits per heavy atom. The monoisotopic (exact) mass is 531 g/mol. The summed E-state index contributed by atoms with van der Waals surface area (Å²) in [7, 11) is 1.49. The van der Waals surface area contributed by atoms with Crippen molar-refractivity contribution in [1.29, 1.82) is 0 Å². The van der Waals surface area contributed by atoms with Crippen LogP contribution in [0.1, 0.15) is 29.0 Å². The number of methoxy groups -OCH3 is 1. The SMILES string of the molecule is COCC(=O)Nc1ccc(N2C(=S)N[C@@H](c3ccccn3)[C@@H]2c2cccn2-c2cccc(Cl)c2)cc1C. The number of hydrogen-bond donors (Lipinski definition) is 2. The highest BCUT2D eigenvalue weighted by molar-refractivity contribution is 7.80. The van der Waals surface area contributed by atoms with Crippen LogP contribution in [0.2, 0.25) is 5.02 Å². The van der Waals surface area contributed by atoms with Crippen molar-refractivity contribution in [1.82, 2.24) is 14.9 Å². The maximum absolute atomic E-state index is 12.1. The number of amides is 1. The molecule has 0 aliphatic carbocycles. The van der Waals surface area contributed by atoms with Gasteiger partial charge in [-0.05, 0) is 85.4 Å². The number of hydrogen-bond acceptors (Lipinski definition) is 4. The highest BCUT2D eigenvalue weighted by Crippen LogP contribution is 2.43. The van der Waals surface area contributed by atoms with E-state index in [2.05, 4.69) is 31.2 Å². The Hall–Kier alpha value is -3.72. The fourth-order valence-electron chi connectivity index (χ4n) is 4.68. The van der Waals surface area contributed by atoms with Crippen molar-refractivity contribution in [2.24, 2.45) is 0 Å². The Kier molecular flexibility index (Phi) is 7.23. The largest absolute Gasteiger partial charge is 0.375 e. The molecule has 0 radical (unpaired) electrons. The van der Waals surface area contributed by atoms with E-state index in [1.54, 1.807) is 6.20 Å². The summed E-state index contributed by atoms with van der Waals surface area (Å²) in [5.74, 6) is -0.204. The van der Waals surface area contributed by atoms with Crippen LogP contribution in [-0.2, 0) is 9.53 Å². The summed E-state index contributed by atoms with van der Waals surface area (Å²) in [6.45, 7) is 1.95. The molecule has 4 aromatic rings. The lowest BCUT2D eigenvalue weighted by atomic mass is 10.00. The normalized spacial score (nSPS) is 17.1. The lowest BCUT2D eigenvalue weighted by molar-refractivity contribution is -0.119. The third-order valence-corrected chi connectivity index (χ3v) is 6.86. The van der Waals surface area contributed by atoms with Crippen LogP contribution in [-0.4, -0.2) is 34.3 Å². The fourth-order valence-corrected chi connectivity index (χ4v) is 5.22. The highest BCUT2D eigenvalue weighted by atomic mass is 35.5. The molecular formula is C28H26ClN5O2S. The molecule has 2 aromatic carbocycles. The zero-order valence-corrected chi connectivity index (χ0v) is 22.0. The second-order valence-electron chi connectivity index (χ2n) is 8.76. The molecule has 0 saturated carbocycles. The van der Waals surface area contributed by atoms with Gasteiger partial charge >= 0.3 is 0 Å². The minimum Gasteiger partial charge on any atom is -0.375 e. The van der Waals surface area contributed by atoms with Gasteiger partial charge in [0.1, 0.15) is 12.6 Å². The standard InChI is InChI=1S/C28H26ClN5O2S/c1-18-15-21(11-12-22(18)31-25(35)17-36-2)34-27(26(32-28(34)37)23-9-3-4-13-30-23)24-10-6-14-33(24)20-8-5-7-19(29)16-20/h3-16,26-27H,17H2,1-2H3,(H,31,35)(H,32,37)/t26-,27-/m0/s1. The molecule has 5 rings (SSSR count). The summed E-state index contributed by atoms with van der Waals surface area (Å²) in [6.07, 6.45) is 3.81. The topological polar surface area (TPSA) is 71.4 Å². The molecule has 1 aliphatic heterocycles. The van der Waals surface area contributed by atoms with Gasteiger partial charge in [-0.2, -0.15) is 0 Å². The van der Waals surface area contributed by atoms with Gasteiger partial charge in [0, 0.05) is 47.3 Å². The first-order chi connectivity index (χ1) is 18.0. The molecule has 9 heteroatoms.